The van der Waals surface area contributed by atoms with E-state index < -0.39 is 11.7 Å². The summed E-state index contributed by atoms with van der Waals surface area (Å²) < 4.78 is 13.8. The summed E-state index contributed by atoms with van der Waals surface area (Å²) in [5, 5.41) is 3.03. The van der Waals surface area contributed by atoms with Gasteiger partial charge in [-0.3, -0.25) is 4.79 Å². The molecule has 0 aliphatic heterocycles. The van der Waals surface area contributed by atoms with Crippen LogP contribution in [0, 0.1) is 5.82 Å². The van der Waals surface area contributed by atoms with Gasteiger partial charge in [0.15, 0.2) is 0 Å². The summed E-state index contributed by atoms with van der Waals surface area (Å²) in [6.45, 7) is 6.17. The minimum absolute atomic E-state index is 0.0249. The van der Waals surface area contributed by atoms with Gasteiger partial charge in [-0.05, 0) is 35.2 Å². The molecule has 0 unspecified atom stereocenters. The van der Waals surface area contributed by atoms with Crippen LogP contribution in [-0.2, 0) is 5.41 Å². The highest BCUT2D eigenvalue weighted by molar-refractivity contribution is 6.30. The Morgan fingerprint density at radius 2 is 1.81 bits per heavy atom. The minimum Gasteiger partial charge on any atom is -0.322 e. The van der Waals surface area contributed by atoms with E-state index >= 15 is 0 Å². The molecule has 2 aromatic rings. The van der Waals surface area contributed by atoms with Crippen molar-refractivity contribution in [1.29, 1.82) is 0 Å². The van der Waals surface area contributed by atoms with Gasteiger partial charge in [0.2, 0.25) is 0 Å². The minimum atomic E-state index is -0.631. The molecule has 4 heteroatoms. The predicted molar refractivity (Wildman–Crippen MR) is 84.5 cm³/mol. The van der Waals surface area contributed by atoms with Gasteiger partial charge < -0.3 is 5.32 Å². The zero-order chi connectivity index (χ0) is 15.6. The van der Waals surface area contributed by atoms with Gasteiger partial charge in [-0.2, -0.15) is 0 Å². The molecule has 21 heavy (non-hydrogen) atoms. The molecule has 2 aromatic carbocycles. The first-order valence-corrected chi connectivity index (χ1v) is 7.03. The van der Waals surface area contributed by atoms with Gasteiger partial charge in [0.25, 0.3) is 5.91 Å². The first kappa shape index (κ1) is 15.5. The first-order chi connectivity index (χ1) is 9.79. The SMILES string of the molecule is CC(C)(C)c1ccccc1NC(=O)c1ccc(Cl)cc1F. The molecule has 2 nitrogen and oxygen atoms in total. The number of carbonyl (C=O) groups is 1. The zero-order valence-electron chi connectivity index (χ0n) is 12.2. The second-order valence-electron chi connectivity index (χ2n) is 5.87. The number of anilines is 1. The lowest BCUT2D eigenvalue weighted by atomic mass is 9.86. The van der Waals surface area contributed by atoms with Gasteiger partial charge in [-0.15, -0.1) is 0 Å². The molecule has 0 fully saturated rings. The summed E-state index contributed by atoms with van der Waals surface area (Å²) >= 11 is 5.70. The van der Waals surface area contributed by atoms with Gasteiger partial charge in [0.05, 0.1) is 5.56 Å². The quantitative estimate of drug-likeness (QED) is 0.828. The average Bonchev–Trinajstić information content (AvgIpc) is 2.37. The highest BCUT2D eigenvalue weighted by atomic mass is 35.5. The molecule has 110 valence electrons. The second kappa shape index (κ2) is 5.86. The molecule has 0 saturated heterocycles. The van der Waals surface area contributed by atoms with E-state index in [9.17, 15) is 9.18 Å². The van der Waals surface area contributed by atoms with E-state index in [0.29, 0.717) is 5.69 Å². The summed E-state index contributed by atoms with van der Waals surface area (Å²) in [6.07, 6.45) is 0. The fourth-order valence-corrected chi connectivity index (χ4v) is 2.27. The fourth-order valence-electron chi connectivity index (χ4n) is 2.11. The number of benzene rings is 2. The number of halogens is 2. The van der Waals surface area contributed by atoms with Crippen molar-refractivity contribution in [2.24, 2.45) is 0 Å². The maximum atomic E-state index is 13.8. The number of carbonyl (C=O) groups excluding carboxylic acids is 1. The van der Waals surface area contributed by atoms with Crippen LogP contribution in [0.25, 0.3) is 0 Å². The van der Waals surface area contributed by atoms with Gasteiger partial charge in [0, 0.05) is 10.7 Å². The van der Waals surface area contributed by atoms with Crippen molar-refractivity contribution in [2.45, 2.75) is 26.2 Å². The summed E-state index contributed by atoms with van der Waals surface area (Å²) in [7, 11) is 0. The Hall–Kier alpha value is -1.87. The molecule has 0 aromatic heterocycles. The van der Waals surface area contributed by atoms with Gasteiger partial charge in [-0.1, -0.05) is 50.6 Å². The number of rotatable bonds is 2. The van der Waals surface area contributed by atoms with Gasteiger partial charge in [-0.25, -0.2) is 4.39 Å². The van der Waals surface area contributed by atoms with Crippen molar-refractivity contribution in [3.05, 3.63) is 64.4 Å². The lowest BCUT2D eigenvalue weighted by Gasteiger charge is -2.23. The van der Waals surface area contributed by atoms with E-state index in [1.807, 2.05) is 24.3 Å². The molecule has 0 aliphatic carbocycles. The van der Waals surface area contributed by atoms with Crippen LogP contribution in [0.5, 0.6) is 0 Å². The highest BCUT2D eigenvalue weighted by Crippen LogP contribution is 2.29. The number of hydrogen-bond donors (Lipinski definition) is 1. The molecule has 1 amide bonds. The van der Waals surface area contributed by atoms with E-state index in [-0.39, 0.29) is 16.0 Å². The molecule has 0 spiro atoms. The Bertz CT molecular complexity index is 677. The monoisotopic (exact) mass is 305 g/mol. The van der Waals surface area contributed by atoms with Crippen LogP contribution < -0.4 is 5.32 Å². The maximum absolute atomic E-state index is 13.8. The molecule has 0 atom stereocenters. The number of para-hydroxylation sites is 1. The number of nitrogens with one attached hydrogen (secondary N) is 1. The third-order valence-electron chi connectivity index (χ3n) is 3.16. The Kier molecular flexibility index (Phi) is 4.33. The second-order valence-corrected chi connectivity index (χ2v) is 6.31. The third kappa shape index (κ3) is 3.61. The topological polar surface area (TPSA) is 29.1 Å². The lowest BCUT2D eigenvalue weighted by Crippen LogP contribution is -2.19. The Morgan fingerprint density at radius 3 is 2.43 bits per heavy atom. The highest BCUT2D eigenvalue weighted by Gasteiger charge is 2.20. The first-order valence-electron chi connectivity index (χ1n) is 6.65. The molecular formula is C17H17ClFNO. The number of amides is 1. The summed E-state index contributed by atoms with van der Waals surface area (Å²) in [4.78, 5) is 12.2. The van der Waals surface area contributed by atoms with Gasteiger partial charge in [0.1, 0.15) is 5.82 Å². The van der Waals surface area contributed by atoms with Crippen molar-refractivity contribution in [1.82, 2.24) is 0 Å². The van der Waals surface area contributed by atoms with Crippen molar-refractivity contribution in [3.8, 4) is 0 Å². The van der Waals surface area contributed by atoms with Crippen LogP contribution in [-0.4, -0.2) is 5.91 Å². The van der Waals surface area contributed by atoms with Crippen molar-refractivity contribution >= 4 is 23.2 Å². The Balaban J connectivity index is 2.32. The molecule has 0 bridgehead atoms. The standard InChI is InChI=1S/C17H17ClFNO/c1-17(2,3)13-6-4-5-7-15(13)20-16(21)12-9-8-11(18)10-14(12)19/h4-10H,1-3H3,(H,20,21). The van der Waals surface area contributed by atoms with Crippen LogP contribution in [0.15, 0.2) is 42.5 Å². The van der Waals surface area contributed by atoms with E-state index in [4.69, 9.17) is 11.6 Å². The molecule has 1 N–H and O–H groups in total. The number of hydrogen-bond acceptors (Lipinski definition) is 1. The van der Waals surface area contributed by atoms with Crippen molar-refractivity contribution < 1.29 is 9.18 Å². The predicted octanol–water partition coefficient (Wildman–Crippen LogP) is 5.03. The Morgan fingerprint density at radius 1 is 1.14 bits per heavy atom. The van der Waals surface area contributed by atoms with Crippen LogP contribution in [0.1, 0.15) is 36.7 Å². The molecule has 0 saturated carbocycles. The van der Waals surface area contributed by atoms with Crippen LogP contribution in [0.3, 0.4) is 0 Å². The smallest absolute Gasteiger partial charge is 0.258 e. The van der Waals surface area contributed by atoms with Crippen LogP contribution >= 0.6 is 11.6 Å². The third-order valence-corrected chi connectivity index (χ3v) is 3.39. The molecule has 0 aliphatic rings. The van der Waals surface area contributed by atoms with Crippen LogP contribution in [0.2, 0.25) is 5.02 Å². The van der Waals surface area contributed by atoms with Crippen molar-refractivity contribution in [3.63, 3.8) is 0 Å². The zero-order valence-corrected chi connectivity index (χ0v) is 13.0. The largest absolute Gasteiger partial charge is 0.322 e. The average molecular weight is 306 g/mol. The lowest BCUT2D eigenvalue weighted by molar-refractivity contribution is 0.102. The molecule has 0 radical (unpaired) electrons. The van der Waals surface area contributed by atoms with E-state index in [0.717, 1.165) is 11.6 Å². The van der Waals surface area contributed by atoms with Crippen molar-refractivity contribution in [2.75, 3.05) is 5.32 Å². The molecule has 0 heterocycles. The summed E-state index contributed by atoms with van der Waals surface area (Å²) in [5.41, 5.74) is 1.53. The molecule has 2 rings (SSSR count). The fraction of sp³-hybridized carbons (Fsp3) is 0.235. The summed E-state index contributed by atoms with van der Waals surface area (Å²) in [5.74, 6) is -1.12. The normalized spacial score (nSPS) is 11.3. The van der Waals surface area contributed by atoms with E-state index in [1.165, 1.54) is 12.1 Å². The van der Waals surface area contributed by atoms with Crippen LogP contribution in [0.4, 0.5) is 10.1 Å². The van der Waals surface area contributed by atoms with E-state index in [2.05, 4.69) is 26.1 Å². The van der Waals surface area contributed by atoms with E-state index in [1.54, 1.807) is 0 Å². The maximum Gasteiger partial charge on any atom is 0.258 e. The summed E-state index contributed by atoms with van der Waals surface area (Å²) in [6, 6.07) is 11.5. The Labute approximate surface area is 128 Å². The molecular weight excluding hydrogens is 289 g/mol. The van der Waals surface area contributed by atoms with Gasteiger partial charge >= 0.3 is 0 Å².